The lowest BCUT2D eigenvalue weighted by Crippen LogP contribution is -2.32. The molecular formula is C13H19BrFN. The van der Waals surface area contributed by atoms with E-state index in [9.17, 15) is 4.39 Å². The lowest BCUT2D eigenvalue weighted by atomic mass is 9.82. The van der Waals surface area contributed by atoms with Crippen molar-refractivity contribution >= 4 is 15.9 Å². The Morgan fingerprint density at radius 2 is 2.00 bits per heavy atom. The van der Waals surface area contributed by atoms with Crippen molar-refractivity contribution in [3.63, 3.8) is 0 Å². The van der Waals surface area contributed by atoms with Gasteiger partial charge in [0.15, 0.2) is 0 Å². The van der Waals surface area contributed by atoms with E-state index in [0.29, 0.717) is 4.47 Å². The summed E-state index contributed by atoms with van der Waals surface area (Å²) in [5.74, 6) is -0.215. The maximum atomic E-state index is 13.2. The van der Waals surface area contributed by atoms with Crippen molar-refractivity contribution in [1.29, 1.82) is 0 Å². The predicted molar refractivity (Wildman–Crippen MR) is 70.0 cm³/mol. The minimum absolute atomic E-state index is 0.104. The van der Waals surface area contributed by atoms with Gasteiger partial charge in [-0.25, -0.2) is 4.39 Å². The van der Waals surface area contributed by atoms with Crippen LogP contribution in [0.1, 0.15) is 39.3 Å². The van der Waals surface area contributed by atoms with Gasteiger partial charge in [0.2, 0.25) is 0 Å². The van der Waals surface area contributed by atoms with E-state index in [0.717, 1.165) is 12.1 Å². The van der Waals surface area contributed by atoms with Gasteiger partial charge >= 0.3 is 0 Å². The Hall–Kier alpha value is -0.410. The van der Waals surface area contributed by atoms with Crippen LogP contribution in [0.15, 0.2) is 22.7 Å². The molecule has 0 bridgehead atoms. The van der Waals surface area contributed by atoms with Crippen molar-refractivity contribution in [2.24, 2.45) is 5.41 Å². The van der Waals surface area contributed by atoms with E-state index in [1.807, 2.05) is 12.1 Å². The average Bonchev–Trinajstić information content (AvgIpc) is 2.17. The van der Waals surface area contributed by atoms with E-state index in [2.05, 4.69) is 48.9 Å². The molecule has 1 nitrogen and oxygen atoms in total. The lowest BCUT2D eigenvalue weighted by Gasteiger charge is -2.32. The van der Waals surface area contributed by atoms with Crippen molar-refractivity contribution in [2.45, 2.75) is 33.7 Å². The fraction of sp³-hybridized carbons (Fsp3) is 0.538. The highest BCUT2D eigenvalue weighted by atomic mass is 79.9. The van der Waals surface area contributed by atoms with Crippen LogP contribution in [0.25, 0.3) is 0 Å². The van der Waals surface area contributed by atoms with Crippen molar-refractivity contribution in [2.75, 3.05) is 6.54 Å². The zero-order chi connectivity index (χ0) is 12.3. The Labute approximate surface area is 106 Å². The fourth-order valence-corrected chi connectivity index (χ4v) is 2.22. The van der Waals surface area contributed by atoms with Gasteiger partial charge in [-0.1, -0.05) is 33.8 Å². The smallest absolute Gasteiger partial charge is 0.137 e. The molecule has 0 fully saturated rings. The van der Waals surface area contributed by atoms with Crippen molar-refractivity contribution in [3.05, 3.63) is 34.1 Å². The summed E-state index contributed by atoms with van der Waals surface area (Å²) in [4.78, 5) is 0. The molecule has 0 aromatic heterocycles. The maximum absolute atomic E-state index is 13.2. The summed E-state index contributed by atoms with van der Waals surface area (Å²) in [6, 6.07) is 5.44. The van der Waals surface area contributed by atoms with Crippen LogP contribution in [0.2, 0.25) is 0 Å². The monoisotopic (exact) mass is 287 g/mol. The molecule has 1 aromatic rings. The number of benzene rings is 1. The molecule has 16 heavy (non-hydrogen) atoms. The van der Waals surface area contributed by atoms with Gasteiger partial charge in [-0.05, 0) is 45.6 Å². The number of hydrogen-bond acceptors (Lipinski definition) is 1. The highest BCUT2D eigenvalue weighted by Crippen LogP contribution is 2.34. The van der Waals surface area contributed by atoms with Crippen LogP contribution in [-0.2, 0) is 0 Å². The van der Waals surface area contributed by atoms with E-state index in [1.165, 1.54) is 6.07 Å². The molecule has 90 valence electrons. The third-order valence-corrected chi connectivity index (χ3v) is 3.16. The molecular weight excluding hydrogens is 269 g/mol. The molecule has 0 saturated carbocycles. The van der Waals surface area contributed by atoms with Crippen molar-refractivity contribution < 1.29 is 4.39 Å². The van der Waals surface area contributed by atoms with Gasteiger partial charge in [0.1, 0.15) is 5.82 Å². The topological polar surface area (TPSA) is 12.0 Å². The minimum Gasteiger partial charge on any atom is -0.310 e. The summed E-state index contributed by atoms with van der Waals surface area (Å²) in [6.45, 7) is 9.51. The first-order chi connectivity index (χ1) is 7.36. The Morgan fingerprint density at radius 3 is 2.44 bits per heavy atom. The van der Waals surface area contributed by atoms with E-state index in [4.69, 9.17) is 0 Å². The zero-order valence-electron chi connectivity index (χ0n) is 10.3. The summed E-state index contributed by atoms with van der Waals surface area (Å²) >= 11 is 3.23. The minimum atomic E-state index is -0.215. The van der Waals surface area contributed by atoms with Gasteiger partial charge in [-0.15, -0.1) is 0 Å². The molecule has 0 aliphatic carbocycles. The molecule has 0 aliphatic rings. The third-order valence-electron chi connectivity index (χ3n) is 2.55. The van der Waals surface area contributed by atoms with Gasteiger partial charge < -0.3 is 5.32 Å². The van der Waals surface area contributed by atoms with E-state index in [1.54, 1.807) is 0 Å². The predicted octanol–water partition coefficient (Wildman–Crippen LogP) is 4.28. The van der Waals surface area contributed by atoms with Crippen molar-refractivity contribution in [3.8, 4) is 0 Å². The largest absolute Gasteiger partial charge is 0.310 e. The van der Waals surface area contributed by atoms with Gasteiger partial charge in [-0.2, -0.15) is 0 Å². The highest BCUT2D eigenvalue weighted by molar-refractivity contribution is 9.10. The van der Waals surface area contributed by atoms with Crippen LogP contribution in [0, 0.1) is 11.2 Å². The van der Waals surface area contributed by atoms with E-state index in [-0.39, 0.29) is 17.3 Å². The van der Waals surface area contributed by atoms with Crippen LogP contribution in [0.5, 0.6) is 0 Å². The van der Waals surface area contributed by atoms with Crippen LogP contribution in [0.3, 0.4) is 0 Å². The molecule has 0 radical (unpaired) electrons. The number of nitrogens with one attached hydrogen (secondary N) is 1. The van der Waals surface area contributed by atoms with Crippen LogP contribution < -0.4 is 5.32 Å². The third kappa shape index (κ3) is 3.29. The second-order valence-corrected chi connectivity index (χ2v) is 5.88. The molecule has 0 heterocycles. The normalized spacial score (nSPS) is 13.9. The Kier molecular flexibility index (Phi) is 4.51. The molecule has 1 N–H and O–H groups in total. The number of halogens is 2. The molecule has 1 aromatic carbocycles. The molecule has 3 heteroatoms. The van der Waals surface area contributed by atoms with Gasteiger partial charge in [-0.3, -0.25) is 0 Å². The fourth-order valence-electron chi connectivity index (χ4n) is 1.82. The quantitative estimate of drug-likeness (QED) is 0.875. The number of hydrogen-bond donors (Lipinski definition) is 1. The standard InChI is InChI=1S/C13H19BrFN/c1-5-16-12(13(2,3)4)9-6-7-11(15)10(14)8-9/h6-8,12,16H,5H2,1-4H3. The first-order valence-electron chi connectivity index (χ1n) is 5.54. The molecule has 0 spiro atoms. The molecule has 1 unspecified atom stereocenters. The second kappa shape index (κ2) is 5.28. The van der Waals surface area contributed by atoms with E-state index >= 15 is 0 Å². The molecule has 0 aliphatic heterocycles. The van der Waals surface area contributed by atoms with Gasteiger partial charge in [0.25, 0.3) is 0 Å². The van der Waals surface area contributed by atoms with Gasteiger partial charge in [0, 0.05) is 6.04 Å². The lowest BCUT2D eigenvalue weighted by molar-refractivity contribution is 0.276. The SMILES string of the molecule is CCNC(c1ccc(F)c(Br)c1)C(C)(C)C. The Bertz CT molecular complexity index is 357. The summed E-state index contributed by atoms with van der Waals surface area (Å²) in [7, 11) is 0. The van der Waals surface area contributed by atoms with Crippen LogP contribution in [-0.4, -0.2) is 6.54 Å². The van der Waals surface area contributed by atoms with E-state index < -0.39 is 0 Å². The van der Waals surface area contributed by atoms with Crippen molar-refractivity contribution in [1.82, 2.24) is 5.32 Å². The number of rotatable bonds is 3. The molecule has 1 atom stereocenters. The first-order valence-corrected chi connectivity index (χ1v) is 6.34. The second-order valence-electron chi connectivity index (χ2n) is 5.03. The summed E-state index contributed by atoms with van der Waals surface area (Å²) in [5.41, 5.74) is 1.22. The Balaban J connectivity index is 3.06. The van der Waals surface area contributed by atoms with Crippen LogP contribution in [0.4, 0.5) is 4.39 Å². The summed E-state index contributed by atoms with van der Waals surface area (Å²) in [5, 5.41) is 3.44. The molecule has 0 amide bonds. The molecule has 1 rings (SSSR count). The molecule has 0 saturated heterocycles. The summed E-state index contributed by atoms with van der Waals surface area (Å²) in [6.07, 6.45) is 0. The van der Waals surface area contributed by atoms with Crippen LogP contribution >= 0.6 is 15.9 Å². The zero-order valence-corrected chi connectivity index (χ0v) is 11.9. The first kappa shape index (κ1) is 13.7. The van der Waals surface area contributed by atoms with Gasteiger partial charge in [0.05, 0.1) is 4.47 Å². The maximum Gasteiger partial charge on any atom is 0.137 e. The summed E-state index contributed by atoms with van der Waals surface area (Å²) < 4.78 is 13.7. The highest BCUT2D eigenvalue weighted by Gasteiger charge is 2.25. The Morgan fingerprint density at radius 1 is 1.38 bits per heavy atom. The average molecular weight is 288 g/mol.